The van der Waals surface area contributed by atoms with Crippen LogP contribution in [0.4, 0.5) is 4.79 Å². The Balaban J connectivity index is 1.91. The van der Waals surface area contributed by atoms with Gasteiger partial charge in [-0.1, -0.05) is 50.1 Å². The second-order valence-electron chi connectivity index (χ2n) is 5.15. The Kier molecular flexibility index (Phi) is 5.52. The van der Waals surface area contributed by atoms with Crippen molar-refractivity contribution in [1.29, 1.82) is 0 Å². The first-order chi connectivity index (χ1) is 10.6. The molecule has 1 aromatic rings. The number of ether oxygens (including phenoxy) is 1. The molecule has 0 aliphatic carbocycles. The first-order valence-electron chi connectivity index (χ1n) is 7.46. The third kappa shape index (κ3) is 3.84. The van der Waals surface area contributed by atoms with E-state index in [0.717, 1.165) is 24.2 Å². The molecule has 1 aliphatic heterocycles. The SMILES string of the molecule is CCCCCOC(=O)CN1C(=O)NC(c2ccccc2)C1=O. The van der Waals surface area contributed by atoms with Gasteiger partial charge < -0.3 is 10.1 Å². The Morgan fingerprint density at radius 2 is 1.95 bits per heavy atom. The van der Waals surface area contributed by atoms with Crippen molar-refractivity contribution in [3.8, 4) is 0 Å². The quantitative estimate of drug-likeness (QED) is 0.475. The smallest absolute Gasteiger partial charge is 0.326 e. The van der Waals surface area contributed by atoms with E-state index in [1.807, 2.05) is 6.07 Å². The lowest BCUT2D eigenvalue weighted by Crippen LogP contribution is -2.36. The average Bonchev–Trinajstić information content (AvgIpc) is 2.80. The number of rotatable bonds is 7. The molecule has 1 fully saturated rings. The van der Waals surface area contributed by atoms with E-state index in [0.29, 0.717) is 12.2 Å². The number of imide groups is 1. The van der Waals surface area contributed by atoms with Gasteiger partial charge in [-0.3, -0.25) is 14.5 Å². The maximum atomic E-state index is 12.3. The van der Waals surface area contributed by atoms with Gasteiger partial charge in [0, 0.05) is 0 Å². The molecule has 0 bridgehead atoms. The van der Waals surface area contributed by atoms with Gasteiger partial charge in [0.2, 0.25) is 0 Å². The Morgan fingerprint density at radius 1 is 1.23 bits per heavy atom. The minimum atomic E-state index is -0.735. The van der Waals surface area contributed by atoms with Crippen molar-refractivity contribution in [2.45, 2.75) is 32.2 Å². The number of amides is 3. The summed E-state index contributed by atoms with van der Waals surface area (Å²) >= 11 is 0. The lowest BCUT2D eigenvalue weighted by Gasteiger charge is -2.12. The summed E-state index contributed by atoms with van der Waals surface area (Å²) < 4.78 is 5.03. The van der Waals surface area contributed by atoms with Crippen LogP contribution in [0.2, 0.25) is 0 Å². The molecule has 1 aliphatic rings. The van der Waals surface area contributed by atoms with Gasteiger partial charge >= 0.3 is 12.0 Å². The van der Waals surface area contributed by atoms with Crippen molar-refractivity contribution in [3.63, 3.8) is 0 Å². The zero-order valence-electron chi connectivity index (χ0n) is 12.6. The standard InChI is InChI=1S/C16H20N2O4/c1-2-3-7-10-22-13(19)11-18-15(20)14(17-16(18)21)12-8-5-4-6-9-12/h4-6,8-9,14H,2-3,7,10-11H2,1H3,(H,17,21). The molecular formula is C16H20N2O4. The van der Waals surface area contributed by atoms with E-state index in [9.17, 15) is 14.4 Å². The number of hydrogen-bond acceptors (Lipinski definition) is 4. The molecule has 1 saturated heterocycles. The topological polar surface area (TPSA) is 75.7 Å². The molecule has 6 nitrogen and oxygen atoms in total. The maximum Gasteiger partial charge on any atom is 0.326 e. The minimum absolute atomic E-state index is 0.318. The third-order valence-corrected chi connectivity index (χ3v) is 3.46. The Bertz CT molecular complexity index is 544. The van der Waals surface area contributed by atoms with Gasteiger partial charge in [0.15, 0.2) is 0 Å². The number of carbonyl (C=O) groups is 3. The molecule has 3 amide bonds. The third-order valence-electron chi connectivity index (χ3n) is 3.46. The van der Waals surface area contributed by atoms with Crippen LogP contribution in [0.15, 0.2) is 30.3 Å². The number of unbranched alkanes of at least 4 members (excludes halogenated alkanes) is 2. The summed E-state index contributed by atoms with van der Waals surface area (Å²) in [5.74, 6) is -0.991. The molecule has 1 aromatic carbocycles. The van der Waals surface area contributed by atoms with Crippen LogP contribution in [0.25, 0.3) is 0 Å². The first-order valence-corrected chi connectivity index (χ1v) is 7.46. The van der Waals surface area contributed by atoms with Gasteiger partial charge in [0.05, 0.1) is 6.61 Å². The van der Waals surface area contributed by atoms with Crippen LogP contribution in [0.3, 0.4) is 0 Å². The van der Waals surface area contributed by atoms with Crippen LogP contribution < -0.4 is 5.32 Å². The summed E-state index contributed by atoms with van der Waals surface area (Å²) in [7, 11) is 0. The molecule has 118 valence electrons. The number of esters is 1. The summed E-state index contributed by atoms with van der Waals surface area (Å²) in [6.45, 7) is 2.03. The van der Waals surface area contributed by atoms with Crippen LogP contribution >= 0.6 is 0 Å². The van der Waals surface area contributed by atoms with E-state index in [2.05, 4.69) is 12.2 Å². The average molecular weight is 304 g/mol. The molecule has 0 saturated carbocycles. The number of benzene rings is 1. The van der Waals surface area contributed by atoms with E-state index in [-0.39, 0.29) is 6.54 Å². The van der Waals surface area contributed by atoms with Gasteiger partial charge in [-0.15, -0.1) is 0 Å². The fraction of sp³-hybridized carbons (Fsp3) is 0.438. The van der Waals surface area contributed by atoms with Crippen molar-refractivity contribution < 1.29 is 19.1 Å². The molecule has 1 unspecified atom stereocenters. The summed E-state index contributed by atoms with van der Waals surface area (Å²) in [4.78, 5) is 36.7. The molecule has 0 spiro atoms. The predicted octanol–water partition coefficient (Wildman–Crippen LogP) is 2.01. The van der Waals surface area contributed by atoms with Crippen LogP contribution in [-0.4, -0.2) is 36.0 Å². The number of hydrogen-bond donors (Lipinski definition) is 1. The van der Waals surface area contributed by atoms with Gasteiger partial charge in [0.25, 0.3) is 5.91 Å². The number of nitrogens with zero attached hydrogens (tertiary/aromatic N) is 1. The molecular weight excluding hydrogens is 284 g/mol. The highest BCUT2D eigenvalue weighted by molar-refractivity contribution is 6.06. The van der Waals surface area contributed by atoms with Gasteiger partial charge in [-0.05, 0) is 12.0 Å². The second-order valence-corrected chi connectivity index (χ2v) is 5.15. The highest BCUT2D eigenvalue weighted by Crippen LogP contribution is 2.21. The molecule has 6 heteroatoms. The fourth-order valence-electron chi connectivity index (χ4n) is 2.25. The van der Waals surface area contributed by atoms with Crippen molar-refractivity contribution in [1.82, 2.24) is 10.2 Å². The zero-order chi connectivity index (χ0) is 15.9. The van der Waals surface area contributed by atoms with E-state index in [4.69, 9.17) is 4.74 Å². The predicted molar refractivity (Wildman–Crippen MR) is 79.9 cm³/mol. The lowest BCUT2D eigenvalue weighted by atomic mass is 10.1. The molecule has 22 heavy (non-hydrogen) atoms. The first kappa shape index (κ1) is 16.0. The summed E-state index contributed by atoms with van der Waals surface area (Å²) in [6, 6.07) is 7.63. The van der Waals surface area contributed by atoms with E-state index < -0.39 is 23.9 Å². The Morgan fingerprint density at radius 3 is 2.64 bits per heavy atom. The summed E-state index contributed by atoms with van der Waals surface area (Å²) in [5, 5.41) is 2.58. The summed E-state index contributed by atoms with van der Waals surface area (Å²) in [5.41, 5.74) is 0.694. The molecule has 1 atom stereocenters. The van der Waals surface area contributed by atoms with Crippen LogP contribution in [0.5, 0.6) is 0 Å². The second kappa shape index (κ2) is 7.59. The van der Waals surface area contributed by atoms with Crippen molar-refractivity contribution in [2.75, 3.05) is 13.2 Å². The minimum Gasteiger partial charge on any atom is -0.464 e. The fourth-order valence-corrected chi connectivity index (χ4v) is 2.25. The van der Waals surface area contributed by atoms with E-state index >= 15 is 0 Å². The molecule has 0 aromatic heterocycles. The van der Waals surface area contributed by atoms with Crippen LogP contribution in [-0.2, 0) is 14.3 Å². The molecule has 0 radical (unpaired) electrons. The number of carbonyl (C=O) groups excluding carboxylic acids is 3. The van der Waals surface area contributed by atoms with Gasteiger partial charge in [-0.25, -0.2) is 4.79 Å². The Labute approximate surface area is 129 Å². The monoisotopic (exact) mass is 304 g/mol. The van der Waals surface area contributed by atoms with Crippen molar-refractivity contribution in [2.24, 2.45) is 0 Å². The van der Waals surface area contributed by atoms with Crippen molar-refractivity contribution >= 4 is 17.9 Å². The molecule has 1 N–H and O–H groups in total. The zero-order valence-corrected chi connectivity index (χ0v) is 12.6. The number of urea groups is 1. The lowest BCUT2D eigenvalue weighted by molar-refractivity contribution is -0.147. The van der Waals surface area contributed by atoms with E-state index in [1.54, 1.807) is 24.3 Å². The van der Waals surface area contributed by atoms with Crippen LogP contribution in [0.1, 0.15) is 37.8 Å². The summed E-state index contributed by atoms with van der Waals surface area (Å²) in [6.07, 6.45) is 2.80. The molecule has 2 rings (SSSR count). The largest absolute Gasteiger partial charge is 0.464 e. The van der Waals surface area contributed by atoms with Crippen molar-refractivity contribution in [3.05, 3.63) is 35.9 Å². The highest BCUT2D eigenvalue weighted by atomic mass is 16.5. The van der Waals surface area contributed by atoms with Crippen LogP contribution in [0, 0.1) is 0 Å². The highest BCUT2D eigenvalue weighted by Gasteiger charge is 2.39. The van der Waals surface area contributed by atoms with Gasteiger partial charge in [0.1, 0.15) is 12.6 Å². The normalized spacial score (nSPS) is 17.5. The van der Waals surface area contributed by atoms with Gasteiger partial charge in [-0.2, -0.15) is 0 Å². The number of nitrogens with one attached hydrogen (secondary N) is 1. The van der Waals surface area contributed by atoms with E-state index in [1.165, 1.54) is 0 Å². The maximum absolute atomic E-state index is 12.3. The Hall–Kier alpha value is -2.37. The molecule has 1 heterocycles.